The number of phenols is 1. The van der Waals surface area contributed by atoms with Gasteiger partial charge in [-0.05, 0) is 29.5 Å². The SMILES string of the molecule is COc1cc(CC(C)C(=O)O)c(O)c(C(C)(C)C)c1. The van der Waals surface area contributed by atoms with Crippen molar-refractivity contribution in [3.05, 3.63) is 23.3 Å². The Labute approximate surface area is 114 Å². The molecule has 0 aliphatic carbocycles. The number of aromatic hydroxyl groups is 1. The normalized spacial score (nSPS) is 13.1. The first kappa shape index (κ1) is 15.3. The third-order valence-corrected chi connectivity index (χ3v) is 3.15. The highest BCUT2D eigenvalue weighted by Gasteiger charge is 2.23. The zero-order valence-corrected chi connectivity index (χ0v) is 12.2. The van der Waals surface area contributed by atoms with Gasteiger partial charge in [-0.1, -0.05) is 27.7 Å². The van der Waals surface area contributed by atoms with Gasteiger partial charge in [0.1, 0.15) is 11.5 Å². The molecule has 4 nitrogen and oxygen atoms in total. The van der Waals surface area contributed by atoms with Crippen LogP contribution >= 0.6 is 0 Å². The zero-order chi connectivity index (χ0) is 14.8. The smallest absolute Gasteiger partial charge is 0.306 e. The van der Waals surface area contributed by atoms with Gasteiger partial charge in [-0.2, -0.15) is 0 Å². The van der Waals surface area contributed by atoms with E-state index in [4.69, 9.17) is 9.84 Å². The van der Waals surface area contributed by atoms with E-state index in [0.29, 0.717) is 11.3 Å². The van der Waals surface area contributed by atoms with E-state index >= 15 is 0 Å². The van der Waals surface area contributed by atoms with Crippen molar-refractivity contribution in [2.45, 2.75) is 39.5 Å². The second-order valence-electron chi connectivity index (χ2n) is 5.88. The average Bonchev–Trinajstić information content (AvgIpc) is 2.29. The number of carbonyl (C=O) groups is 1. The number of carboxylic acids is 1. The Morgan fingerprint density at radius 3 is 2.37 bits per heavy atom. The van der Waals surface area contributed by atoms with E-state index in [1.54, 1.807) is 26.2 Å². The van der Waals surface area contributed by atoms with Crippen LogP contribution in [0.25, 0.3) is 0 Å². The van der Waals surface area contributed by atoms with Gasteiger partial charge >= 0.3 is 5.97 Å². The van der Waals surface area contributed by atoms with Gasteiger partial charge in [0.2, 0.25) is 0 Å². The Hall–Kier alpha value is -1.71. The molecule has 4 heteroatoms. The highest BCUT2D eigenvalue weighted by molar-refractivity contribution is 5.70. The van der Waals surface area contributed by atoms with Gasteiger partial charge in [-0.25, -0.2) is 0 Å². The lowest BCUT2D eigenvalue weighted by molar-refractivity contribution is -0.141. The fourth-order valence-electron chi connectivity index (χ4n) is 1.93. The summed E-state index contributed by atoms with van der Waals surface area (Å²) in [5.74, 6) is -0.623. The number of aliphatic carboxylic acids is 1. The van der Waals surface area contributed by atoms with Crippen molar-refractivity contribution in [3.8, 4) is 11.5 Å². The number of rotatable bonds is 4. The fraction of sp³-hybridized carbons (Fsp3) is 0.533. The highest BCUT2D eigenvalue weighted by Crippen LogP contribution is 2.37. The van der Waals surface area contributed by atoms with Crippen LogP contribution in [-0.2, 0) is 16.6 Å². The summed E-state index contributed by atoms with van der Waals surface area (Å²) in [6, 6.07) is 3.49. The van der Waals surface area contributed by atoms with Crippen molar-refractivity contribution in [2.24, 2.45) is 5.92 Å². The van der Waals surface area contributed by atoms with Gasteiger partial charge in [0.25, 0.3) is 0 Å². The number of hydrogen-bond donors (Lipinski definition) is 2. The van der Waals surface area contributed by atoms with Crippen LogP contribution in [0.1, 0.15) is 38.8 Å². The van der Waals surface area contributed by atoms with Gasteiger partial charge in [0.15, 0.2) is 0 Å². The molecular weight excluding hydrogens is 244 g/mol. The second kappa shape index (κ2) is 5.51. The monoisotopic (exact) mass is 266 g/mol. The number of carboxylic acid groups (broad SMARTS) is 1. The average molecular weight is 266 g/mol. The van der Waals surface area contributed by atoms with E-state index in [1.165, 1.54) is 0 Å². The summed E-state index contributed by atoms with van der Waals surface area (Å²) in [6.45, 7) is 7.60. The summed E-state index contributed by atoms with van der Waals surface area (Å²) < 4.78 is 5.23. The summed E-state index contributed by atoms with van der Waals surface area (Å²) in [5, 5.41) is 19.3. The van der Waals surface area contributed by atoms with E-state index in [9.17, 15) is 9.90 Å². The van der Waals surface area contributed by atoms with Crippen molar-refractivity contribution in [2.75, 3.05) is 7.11 Å². The lowest BCUT2D eigenvalue weighted by atomic mass is 9.84. The molecule has 2 N–H and O–H groups in total. The number of methoxy groups -OCH3 is 1. The van der Waals surface area contributed by atoms with Crippen LogP contribution in [0.5, 0.6) is 11.5 Å². The van der Waals surface area contributed by atoms with Crippen LogP contribution in [0, 0.1) is 5.92 Å². The first-order chi connectivity index (χ1) is 8.66. The molecule has 0 aromatic heterocycles. The molecule has 1 unspecified atom stereocenters. The maximum absolute atomic E-state index is 10.9. The second-order valence-corrected chi connectivity index (χ2v) is 5.88. The maximum Gasteiger partial charge on any atom is 0.306 e. The maximum atomic E-state index is 10.9. The van der Waals surface area contributed by atoms with Crippen molar-refractivity contribution < 1.29 is 19.7 Å². The van der Waals surface area contributed by atoms with Crippen molar-refractivity contribution in [3.63, 3.8) is 0 Å². The molecule has 0 aliphatic heterocycles. The quantitative estimate of drug-likeness (QED) is 0.879. The Bertz CT molecular complexity index is 472. The lowest BCUT2D eigenvalue weighted by Gasteiger charge is -2.23. The van der Waals surface area contributed by atoms with Crippen LogP contribution in [0.4, 0.5) is 0 Å². The first-order valence-corrected chi connectivity index (χ1v) is 6.30. The van der Waals surface area contributed by atoms with E-state index in [1.807, 2.05) is 20.8 Å². The van der Waals surface area contributed by atoms with E-state index in [-0.39, 0.29) is 17.6 Å². The van der Waals surface area contributed by atoms with Gasteiger partial charge < -0.3 is 14.9 Å². The molecule has 0 spiro atoms. The summed E-state index contributed by atoms with van der Waals surface area (Å²) in [4.78, 5) is 10.9. The van der Waals surface area contributed by atoms with Crippen molar-refractivity contribution in [1.29, 1.82) is 0 Å². The van der Waals surface area contributed by atoms with E-state index in [2.05, 4.69) is 0 Å². The molecule has 0 saturated carbocycles. The van der Waals surface area contributed by atoms with E-state index in [0.717, 1.165) is 5.56 Å². The predicted molar refractivity (Wildman–Crippen MR) is 73.9 cm³/mol. The molecule has 0 saturated heterocycles. The molecule has 0 radical (unpaired) electrons. The number of hydrogen-bond acceptors (Lipinski definition) is 3. The van der Waals surface area contributed by atoms with Crippen LogP contribution in [0.3, 0.4) is 0 Å². The zero-order valence-electron chi connectivity index (χ0n) is 12.2. The minimum absolute atomic E-state index is 0.168. The summed E-state index contributed by atoms with van der Waals surface area (Å²) in [6.07, 6.45) is 0.279. The third kappa shape index (κ3) is 3.63. The highest BCUT2D eigenvalue weighted by atomic mass is 16.5. The minimum atomic E-state index is -0.875. The summed E-state index contributed by atoms with van der Waals surface area (Å²) in [7, 11) is 1.56. The standard InChI is InChI=1S/C15H22O4/c1-9(14(17)18)6-10-7-11(19-5)8-12(13(10)16)15(2,3)4/h7-9,16H,6H2,1-5H3,(H,17,18). The van der Waals surface area contributed by atoms with Crippen LogP contribution < -0.4 is 4.74 Å². The number of benzene rings is 1. The number of phenolic OH excluding ortho intramolecular Hbond substituents is 1. The molecular formula is C15H22O4. The lowest BCUT2D eigenvalue weighted by Crippen LogP contribution is -2.15. The molecule has 106 valence electrons. The number of ether oxygens (including phenoxy) is 1. The van der Waals surface area contributed by atoms with Gasteiger partial charge in [-0.3, -0.25) is 4.79 Å². The molecule has 0 bridgehead atoms. The molecule has 1 rings (SSSR count). The first-order valence-electron chi connectivity index (χ1n) is 6.30. The third-order valence-electron chi connectivity index (χ3n) is 3.15. The predicted octanol–water partition coefficient (Wildman–Crippen LogP) is 2.96. The fourth-order valence-corrected chi connectivity index (χ4v) is 1.93. The molecule has 0 fully saturated rings. The molecule has 0 heterocycles. The Kier molecular flexibility index (Phi) is 4.45. The molecule has 1 atom stereocenters. The van der Waals surface area contributed by atoms with Crippen LogP contribution in [0.2, 0.25) is 0 Å². The van der Waals surface area contributed by atoms with Gasteiger partial charge in [-0.15, -0.1) is 0 Å². The Balaban J connectivity index is 3.28. The topological polar surface area (TPSA) is 66.8 Å². The summed E-state index contributed by atoms with van der Waals surface area (Å²) >= 11 is 0. The van der Waals surface area contributed by atoms with Crippen molar-refractivity contribution >= 4 is 5.97 Å². The molecule has 0 amide bonds. The minimum Gasteiger partial charge on any atom is -0.507 e. The largest absolute Gasteiger partial charge is 0.507 e. The van der Waals surface area contributed by atoms with Crippen molar-refractivity contribution in [1.82, 2.24) is 0 Å². The van der Waals surface area contributed by atoms with Gasteiger partial charge in [0.05, 0.1) is 13.0 Å². The van der Waals surface area contributed by atoms with Gasteiger partial charge in [0, 0.05) is 5.56 Å². The van der Waals surface area contributed by atoms with Crippen LogP contribution in [0.15, 0.2) is 12.1 Å². The Morgan fingerprint density at radius 1 is 1.37 bits per heavy atom. The molecule has 1 aromatic carbocycles. The summed E-state index contributed by atoms with van der Waals surface area (Å²) in [5.41, 5.74) is 1.14. The molecule has 1 aromatic rings. The molecule has 0 aliphatic rings. The van der Waals surface area contributed by atoms with Crippen LogP contribution in [-0.4, -0.2) is 23.3 Å². The van der Waals surface area contributed by atoms with E-state index < -0.39 is 11.9 Å². The Morgan fingerprint density at radius 2 is 1.95 bits per heavy atom. The molecule has 19 heavy (non-hydrogen) atoms.